The van der Waals surface area contributed by atoms with Gasteiger partial charge in [0.15, 0.2) is 11.5 Å². The first kappa shape index (κ1) is 20.3. The molecule has 32 heavy (non-hydrogen) atoms. The van der Waals surface area contributed by atoms with Gasteiger partial charge in [0.05, 0.1) is 11.9 Å². The van der Waals surface area contributed by atoms with Crippen molar-refractivity contribution >= 4 is 11.9 Å². The summed E-state index contributed by atoms with van der Waals surface area (Å²) in [6.45, 7) is 2.30. The Bertz CT molecular complexity index is 1160. The molecule has 2 aliphatic heterocycles. The predicted molar refractivity (Wildman–Crippen MR) is 119 cm³/mol. The number of carbonyl (C=O) groups excluding carboxylic acids is 1. The molecule has 1 aromatic carbocycles. The van der Waals surface area contributed by atoms with E-state index in [-0.39, 0.29) is 11.8 Å². The summed E-state index contributed by atoms with van der Waals surface area (Å²) >= 11 is 0. The summed E-state index contributed by atoms with van der Waals surface area (Å²) in [6.07, 6.45) is 6.49. The van der Waals surface area contributed by atoms with E-state index in [0.717, 1.165) is 23.2 Å². The van der Waals surface area contributed by atoms with E-state index < -0.39 is 0 Å². The Morgan fingerprint density at radius 1 is 1.16 bits per heavy atom. The number of ether oxygens (including phenoxy) is 2. The number of hydrogen-bond donors (Lipinski definition) is 0. The second-order valence-corrected chi connectivity index (χ2v) is 8.36. The van der Waals surface area contributed by atoms with E-state index in [2.05, 4.69) is 10.1 Å². The van der Waals surface area contributed by atoms with Crippen molar-refractivity contribution in [3.8, 4) is 22.6 Å². The third kappa shape index (κ3) is 3.74. The topological polar surface area (TPSA) is 85.6 Å². The van der Waals surface area contributed by atoms with Gasteiger partial charge < -0.3 is 19.3 Å². The Labute approximate surface area is 186 Å². The quantitative estimate of drug-likeness (QED) is 0.623. The molecule has 9 nitrogen and oxygen atoms in total. The number of nitrogens with zero attached hydrogens (tertiary/aromatic N) is 6. The van der Waals surface area contributed by atoms with Crippen LogP contribution in [0.4, 0.5) is 5.95 Å². The van der Waals surface area contributed by atoms with Crippen LogP contribution >= 0.6 is 0 Å². The minimum Gasteiger partial charge on any atom is -0.486 e. The van der Waals surface area contributed by atoms with Gasteiger partial charge in [-0.25, -0.2) is 9.97 Å². The number of benzene rings is 1. The Morgan fingerprint density at radius 3 is 2.72 bits per heavy atom. The second kappa shape index (κ2) is 8.14. The normalized spacial score (nSPS) is 17.5. The molecule has 0 N–H and O–H groups in total. The fraction of sp³-hybridized carbons (Fsp3) is 0.391. The Morgan fingerprint density at radius 2 is 1.97 bits per heavy atom. The van der Waals surface area contributed by atoms with E-state index in [1.807, 2.05) is 55.6 Å². The molecule has 2 aliphatic rings. The molecule has 0 bridgehead atoms. The van der Waals surface area contributed by atoms with Gasteiger partial charge in [0.25, 0.3) is 5.91 Å². The zero-order valence-corrected chi connectivity index (χ0v) is 18.5. The lowest BCUT2D eigenvalue weighted by molar-refractivity contribution is 0.0789. The summed E-state index contributed by atoms with van der Waals surface area (Å²) in [4.78, 5) is 26.4. The fourth-order valence-corrected chi connectivity index (χ4v) is 4.22. The van der Waals surface area contributed by atoms with Crippen molar-refractivity contribution in [2.24, 2.45) is 7.05 Å². The fourth-order valence-electron chi connectivity index (χ4n) is 4.22. The third-order valence-electron chi connectivity index (χ3n) is 5.87. The van der Waals surface area contributed by atoms with E-state index in [9.17, 15) is 4.79 Å². The minimum absolute atomic E-state index is 0.00529. The number of carbonyl (C=O) groups is 1. The number of fused-ring (bicyclic) bond motifs is 1. The van der Waals surface area contributed by atoms with Crippen LogP contribution in [0.2, 0.25) is 0 Å². The first-order chi connectivity index (χ1) is 15.5. The summed E-state index contributed by atoms with van der Waals surface area (Å²) in [5.74, 6) is 2.08. The molecular weight excluding hydrogens is 408 g/mol. The molecular formula is C23H26N6O3. The lowest BCUT2D eigenvalue weighted by atomic mass is 9.97. The SMILES string of the molecule is CN(C)c1ncc(-c2cnn(C)c2)c([C@@H]2CCN(C(=O)c3ccc4c(c3)OCCO4)C2)n1. The maximum absolute atomic E-state index is 13.2. The third-order valence-corrected chi connectivity index (χ3v) is 5.87. The van der Waals surface area contributed by atoms with Gasteiger partial charge in [-0.2, -0.15) is 5.10 Å². The maximum atomic E-state index is 13.2. The molecule has 1 amide bonds. The van der Waals surface area contributed by atoms with Crippen LogP contribution in [0.15, 0.2) is 36.8 Å². The van der Waals surface area contributed by atoms with Gasteiger partial charge in [0.2, 0.25) is 5.95 Å². The van der Waals surface area contributed by atoms with Crippen LogP contribution in [0.5, 0.6) is 11.5 Å². The highest BCUT2D eigenvalue weighted by Crippen LogP contribution is 2.36. The molecule has 0 spiro atoms. The van der Waals surface area contributed by atoms with Gasteiger partial charge in [-0.1, -0.05) is 0 Å². The van der Waals surface area contributed by atoms with Crippen molar-refractivity contribution in [2.75, 3.05) is 45.3 Å². The molecule has 0 unspecified atom stereocenters. The van der Waals surface area contributed by atoms with Crippen LogP contribution in [0.3, 0.4) is 0 Å². The van der Waals surface area contributed by atoms with Gasteiger partial charge in [-0.3, -0.25) is 9.48 Å². The van der Waals surface area contributed by atoms with Crippen LogP contribution in [0.25, 0.3) is 11.1 Å². The van der Waals surface area contributed by atoms with E-state index in [4.69, 9.17) is 14.5 Å². The van der Waals surface area contributed by atoms with Crippen LogP contribution < -0.4 is 14.4 Å². The molecule has 1 atom stereocenters. The molecule has 4 heterocycles. The van der Waals surface area contributed by atoms with Crippen molar-refractivity contribution < 1.29 is 14.3 Å². The zero-order chi connectivity index (χ0) is 22.2. The number of likely N-dealkylation sites (tertiary alicyclic amines) is 1. The summed E-state index contributed by atoms with van der Waals surface area (Å²) in [6, 6.07) is 5.39. The van der Waals surface area contributed by atoms with Gasteiger partial charge in [0, 0.05) is 69.2 Å². The first-order valence-electron chi connectivity index (χ1n) is 10.7. The van der Waals surface area contributed by atoms with Crippen molar-refractivity contribution in [2.45, 2.75) is 12.3 Å². The Hall–Kier alpha value is -3.62. The number of amides is 1. The summed E-state index contributed by atoms with van der Waals surface area (Å²) in [5.41, 5.74) is 3.50. The van der Waals surface area contributed by atoms with Gasteiger partial charge in [-0.05, 0) is 24.6 Å². The molecule has 1 saturated heterocycles. The summed E-state index contributed by atoms with van der Waals surface area (Å²) in [5, 5.41) is 4.30. The highest BCUT2D eigenvalue weighted by Gasteiger charge is 2.32. The number of aryl methyl sites for hydroxylation is 1. The lowest BCUT2D eigenvalue weighted by Gasteiger charge is -2.21. The van der Waals surface area contributed by atoms with Crippen LogP contribution in [0, 0.1) is 0 Å². The molecule has 166 valence electrons. The Balaban J connectivity index is 1.41. The minimum atomic E-state index is -0.00529. The predicted octanol–water partition coefficient (Wildman–Crippen LogP) is 2.34. The van der Waals surface area contributed by atoms with Crippen molar-refractivity contribution in [3.63, 3.8) is 0 Å². The lowest BCUT2D eigenvalue weighted by Crippen LogP contribution is -2.29. The van der Waals surface area contributed by atoms with E-state index in [1.54, 1.807) is 16.8 Å². The number of hydrogen-bond acceptors (Lipinski definition) is 7. The Kier molecular flexibility index (Phi) is 5.16. The molecule has 2 aromatic heterocycles. The largest absolute Gasteiger partial charge is 0.486 e. The summed E-state index contributed by atoms with van der Waals surface area (Å²) < 4.78 is 13.0. The monoisotopic (exact) mass is 434 g/mol. The van der Waals surface area contributed by atoms with Gasteiger partial charge >= 0.3 is 0 Å². The molecule has 5 rings (SSSR count). The van der Waals surface area contributed by atoms with Crippen molar-refractivity contribution in [1.29, 1.82) is 0 Å². The highest BCUT2D eigenvalue weighted by molar-refractivity contribution is 5.95. The number of anilines is 1. The number of rotatable bonds is 4. The first-order valence-corrected chi connectivity index (χ1v) is 10.7. The van der Waals surface area contributed by atoms with Gasteiger partial charge in [0.1, 0.15) is 13.2 Å². The smallest absolute Gasteiger partial charge is 0.254 e. The molecule has 0 aliphatic carbocycles. The van der Waals surface area contributed by atoms with Gasteiger partial charge in [-0.15, -0.1) is 0 Å². The van der Waals surface area contributed by atoms with Crippen LogP contribution in [-0.2, 0) is 7.05 Å². The van der Waals surface area contributed by atoms with E-state index in [1.165, 1.54) is 0 Å². The molecule has 9 heteroatoms. The molecule has 1 fully saturated rings. The standard InChI is InChI=1S/C23H26N6O3/c1-27(2)23-24-12-18(17-11-25-28(3)13-17)21(26-23)16-6-7-29(14-16)22(30)15-4-5-19-20(10-15)32-9-8-31-19/h4-5,10-13,16H,6-9,14H2,1-3H3/t16-/m1/s1. The molecule has 0 radical (unpaired) electrons. The van der Waals surface area contributed by atoms with Crippen molar-refractivity contribution in [1.82, 2.24) is 24.6 Å². The second-order valence-electron chi connectivity index (χ2n) is 8.36. The average Bonchev–Trinajstić information content (AvgIpc) is 3.47. The number of aromatic nitrogens is 4. The van der Waals surface area contributed by atoms with Crippen LogP contribution in [-0.4, -0.2) is 71.0 Å². The van der Waals surface area contributed by atoms with Crippen LogP contribution in [0.1, 0.15) is 28.4 Å². The average molecular weight is 435 g/mol. The molecule has 3 aromatic rings. The zero-order valence-electron chi connectivity index (χ0n) is 18.5. The van der Waals surface area contributed by atoms with E-state index >= 15 is 0 Å². The maximum Gasteiger partial charge on any atom is 0.254 e. The highest BCUT2D eigenvalue weighted by atomic mass is 16.6. The van der Waals surface area contributed by atoms with Crippen molar-refractivity contribution in [3.05, 3.63) is 48.0 Å². The molecule has 0 saturated carbocycles. The van der Waals surface area contributed by atoms with E-state index in [0.29, 0.717) is 49.3 Å². The summed E-state index contributed by atoms with van der Waals surface area (Å²) in [7, 11) is 5.74.